The van der Waals surface area contributed by atoms with E-state index in [1.807, 2.05) is 13.0 Å². The van der Waals surface area contributed by atoms with E-state index in [2.05, 4.69) is 32.6 Å². The molecular weight excluding hydrogens is 352 g/mol. The van der Waals surface area contributed by atoms with Gasteiger partial charge in [0.25, 0.3) is 0 Å². The number of ketones is 1. The Bertz CT molecular complexity index is 723. The Morgan fingerprint density at radius 2 is 1.82 bits per heavy atom. The molecule has 0 aliphatic carbocycles. The molecule has 1 aliphatic heterocycles. The van der Waals surface area contributed by atoms with Gasteiger partial charge in [-0.1, -0.05) is 49.6 Å². The van der Waals surface area contributed by atoms with Gasteiger partial charge >= 0.3 is 0 Å². The number of terminal acetylenes is 1. The molecule has 0 bridgehead atoms. The quantitative estimate of drug-likeness (QED) is 0.156. The molecule has 0 spiro atoms. The largest absolute Gasteiger partial charge is 0.496 e. The minimum absolute atomic E-state index is 0.0520. The van der Waals surface area contributed by atoms with Gasteiger partial charge in [-0.3, -0.25) is 4.79 Å². The van der Waals surface area contributed by atoms with Gasteiger partial charge in [-0.25, -0.2) is 0 Å². The highest BCUT2D eigenvalue weighted by molar-refractivity contribution is 6.21. The van der Waals surface area contributed by atoms with E-state index in [0.29, 0.717) is 36.9 Å². The van der Waals surface area contributed by atoms with Crippen molar-refractivity contribution in [1.82, 2.24) is 0 Å². The van der Waals surface area contributed by atoms with E-state index in [1.165, 1.54) is 6.26 Å². The second-order valence-electron chi connectivity index (χ2n) is 5.21. The van der Waals surface area contributed by atoms with Gasteiger partial charge in [0.1, 0.15) is 19.8 Å². The third kappa shape index (κ3) is 8.77. The van der Waals surface area contributed by atoms with Crippen LogP contribution in [0.1, 0.15) is 18.9 Å². The van der Waals surface area contributed by atoms with Crippen LogP contribution in [-0.2, 0) is 9.53 Å². The van der Waals surface area contributed by atoms with Crippen LogP contribution in [0, 0.1) is 12.8 Å². The number of hydrogen-bond donors (Lipinski definition) is 0. The van der Waals surface area contributed by atoms with Crippen molar-refractivity contribution < 1.29 is 19.0 Å². The van der Waals surface area contributed by atoms with Crippen LogP contribution in [0.4, 0.5) is 0 Å². The third-order valence-corrected chi connectivity index (χ3v) is 3.14. The Kier molecular flexibility index (Phi) is 13.8. The lowest BCUT2D eigenvalue weighted by molar-refractivity contribution is -0.113. The van der Waals surface area contributed by atoms with Crippen molar-refractivity contribution in [3.05, 3.63) is 80.1 Å². The molecule has 2 rings (SSSR count). The van der Waals surface area contributed by atoms with E-state index >= 15 is 0 Å². The number of rotatable bonds is 8. The fourth-order valence-electron chi connectivity index (χ4n) is 2.09. The van der Waals surface area contributed by atoms with Crippen molar-refractivity contribution in [3.63, 3.8) is 0 Å². The summed E-state index contributed by atoms with van der Waals surface area (Å²) in [6.07, 6.45) is 18.2. The summed E-state index contributed by atoms with van der Waals surface area (Å²) in [5, 5.41) is 0. The summed E-state index contributed by atoms with van der Waals surface area (Å²) >= 11 is 0. The molecule has 0 radical (unpaired) electrons. The molecule has 0 fully saturated rings. The maximum absolute atomic E-state index is 12.4. The molecule has 0 amide bonds. The lowest BCUT2D eigenvalue weighted by Gasteiger charge is -2.19. The molecule has 28 heavy (non-hydrogen) atoms. The van der Waals surface area contributed by atoms with E-state index in [-0.39, 0.29) is 12.2 Å². The monoisotopic (exact) mass is 380 g/mol. The topological polar surface area (TPSA) is 44.8 Å². The first-order chi connectivity index (χ1) is 13.7. The van der Waals surface area contributed by atoms with Crippen molar-refractivity contribution in [3.8, 4) is 24.3 Å². The summed E-state index contributed by atoms with van der Waals surface area (Å²) < 4.78 is 16.4. The summed E-state index contributed by atoms with van der Waals surface area (Å²) in [5.74, 6) is 1.27. The van der Waals surface area contributed by atoms with Crippen LogP contribution < -0.4 is 9.47 Å². The number of ether oxygens (including phenoxy) is 3. The Labute approximate surface area is 168 Å². The Morgan fingerprint density at radius 3 is 2.43 bits per heavy atom. The zero-order valence-corrected chi connectivity index (χ0v) is 16.4. The average molecular weight is 380 g/mol. The molecule has 0 saturated carbocycles. The third-order valence-electron chi connectivity index (χ3n) is 3.14. The van der Waals surface area contributed by atoms with Crippen LogP contribution in [0.15, 0.2) is 74.6 Å². The molecule has 4 heteroatoms. The predicted octanol–water partition coefficient (Wildman–Crippen LogP) is 5.14. The van der Waals surface area contributed by atoms with E-state index in [4.69, 9.17) is 14.2 Å². The maximum Gasteiger partial charge on any atom is 0.170 e. The Hall–Kier alpha value is -3.45. The number of carbonyl (C=O) groups excluding carboxylic acids is 1. The molecule has 0 saturated heterocycles. The zero-order chi connectivity index (χ0) is 21.2. The number of fused-ring (bicyclic) bond motifs is 1. The average Bonchev–Trinajstić information content (AvgIpc) is 2.73. The number of Topliss-reactive ketones (excluding diaryl/α,β-unsaturated/α-hetero) is 1. The molecule has 1 aromatic rings. The lowest BCUT2D eigenvalue weighted by Crippen LogP contribution is -2.15. The normalized spacial score (nSPS) is 11.8. The number of benzene rings is 1. The summed E-state index contributed by atoms with van der Waals surface area (Å²) in [6, 6.07) is 5.43. The van der Waals surface area contributed by atoms with Crippen LogP contribution in [0.5, 0.6) is 11.5 Å². The van der Waals surface area contributed by atoms with Crippen molar-refractivity contribution in [2.45, 2.75) is 13.3 Å². The predicted molar refractivity (Wildman–Crippen MR) is 116 cm³/mol. The highest BCUT2D eigenvalue weighted by Crippen LogP contribution is 2.33. The molecule has 1 heterocycles. The van der Waals surface area contributed by atoms with Gasteiger partial charge in [0.2, 0.25) is 0 Å². The van der Waals surface area contributed by atoms with E-state index < -0.39 is 0 Å². The molecule has 4 nitrogen and oxygen atoms in total. The molecule has 0 atom stereocenters. The molecule has 148 valence electrons. The van der Waals surface area contributed by atoms with Gasteiger partial charge in [0.05, 0.1) is 11.8 Å². The minimum atomic E-state index is -0.0520. The molecule has 0 N–H and O–H groups in total. The number of hydrogen-bond acceptors (Lipinski definition) is 4. The van der Waals surface area contributed by atoms with E-state index in [1.54, 1.807) is 42.5 Å². The smallest absolute Gasteiger partial charge is 0.170 e. The molecular formula is C24H28O4. The van der Waals surface area contributed by atoms with Gasteiger partial charge in [-0.15, -0.1) is 19.4 Å². The first-order valence-corrected chi connectivity index (χ1v) is 8.71. The highest BCUT2D eigenvalue weighted by Gasteiger charge is 2.17. The van der Waals surface area contributed by atoms with Crippen LogP contribution >= 0.6 is 0 Å². The number of carbonyl (C=O) groups is 1. The first-order valence-electron chi connectivity index (χ1n) is 8.71. The van der Waals surface area contributed by atoms with Crippen LogP contribution in [0.3, 0.4) is 0 Å². The molecule has 0 aromatic heterocycles. The van der Waals surface area contributed by atoms with Crippen molar-refractivity contribution in [2.24, 2.45) is 0 Å². The summed E-state index contributed by atoms with van der Waals surface area (Å²) in [5.41, 5.74) is 1.22. The fraction of sp³-hybridized carbons (Fsp3) is 0.208. The van der Waals surface area contributed by atoms with Gasteiger partial charge in [-0.05, 0) is 24.6 Å². The van der Waals surface area contributed by atoms with Crippen LogP contribution in [-0.4, -0.2) is 25.6 Å². The van der Waals surface area contributed by atoms with Gasteiger partial charge in [0.15, 0.2) is 17.3 Å². The van der Waals surface area contributed by atoms with Crippen molar-refractivity contribution in [2.75, 3.05) is 19.8 Å². The SMILES string of the molecule is C#C.C=C/C=C/CC(=O)/C(=C\OCC=C)c1ccc2c(c1)OCCO2.C=CC. The molecule has 1 aromatic carbocycles. The first kappa shape index (κ1) is 24.6. The Balaban J connectivity index is 0.00000133. The van der Waals surface area contributed by atoms with E-state index in [9.17, 15) is 4.79 Å². The Morgan fingerprint density at radius 1 is 1.18 bits per heavy atom. The highest BCUT2D eigenvalue weighted by atomic mass is 16.6. The van der Waals surface area contributed by atoms with E-state index in [0.717, 1.165) is 5.56 Å². The van der Waals surface area contributed by atoms with Crippen molar-refractivity contribution >= 4 is 11.4 Å². The van der Waals surface area contributed by atoms with Crippen LogP contribution in [0.2, 0.25) is 0 Å². The second-order valence-corrected chi connectivity index (χ2v) is 5.21. The van der Waals surface area contributed by atoms with Gasteiger partial charge < -0.3 is 14.2 Å². The second kappa shape index (κ2) is 15.8. The minimum Gasteiger partial charge on any atom is -0.496 e. The maximum atomic E-state index is 12.4. The summed E-state index contributed by atoms with van der Waals surface area (Å²) in [4.78, 5) is 12.4. The lowest BCUT2D eigenvalue weighted by atomic mass is 10.00. The zero-order valence-electron chi connectivity index (χ0n) is 16.4. The van der Waals surface area contributed by atoms with Gasteiger partial charge in [0, 0.05) is 6.42 Å². The van der Waals surface area contributed by atoms with Crippen LogP contribution in [0.25, 0.3) is 5.57 Å². The fourth-order valence-corrected chi connectivity index (χ4v) is 2.09. The molecule has 0 unspecified atom stereocenters. The number of allylic oxidation sites excluding steroid dienone is 5. The standard InChI is InChI=1S/C19H20O4.C3H6.C2H2/c1-3-5-6-7-17(20)16(14-21-10-4-2)15-8-9-18-19(13-15)23-12-11-22-18;1-3-2;1-2/h3-6,8-9,13-14H,1-2,7,10-12H2;3H,1H2,2H3;1-2H/b6-5+,16-14-;;. The molecule has 1 aliphatic rings. The summed E-state index contributed by atoms with van der Waals surface area (Å²) in [7, 11) is 0. The van der Waals surface area contributed by atoms with Gasteiger partial charge in [-0.2, -0.15) is 0 Å². The summed E-state index contributed by atoms with van der Waals surface area (Å²) in [6.45, 7) is 13.8. The van der Waals surface area contributed by atoms with Crippen molar-refractivity contribution in [1.29, 1.82) is 0 Å².